The monoisotopic (exact) mass is 801 g/mol. The normalized spacial score (nSPS) is 17.8. The van der Waals surface area contributed by atoms with Gasteiger partial charge in [0, 0.05) is 53.3 Å². The summed E-state index contributed by atoms with van der Waals surface area (Å²) in [7, 11) is 2.97. The lowest BCUT2D eigenvalue weighted by atomic mass is 10.0. The second-order valence-electron chi connectivity index (χ2n) is 16.2. The Labute approximate surface area is 344 Å². The maximum Gasteiger partial charge on any atom is 0.240 e. The highest BCUT2D eigenvalue weighted by Gasteiger charge is 2.37. The largest absolute Gasteiger partial charge is 0.508 e. The second kappa shape index (κ2) is 16.9. The number of aromatic amines is 2. The Morgan fingerprint density at radius 1 is 0.983 bits per heavy atom. The van der Waals surface area contributed by atoms with E-state index in [9.17, 15) is 15.0 Å². The molecule has 13 heteroatoms. The van der Waals surface area contributed by atoms with E-state index in [1.807, 2.05) is 37.1 Å². The van der Waals surface area contributed by atoms with E-state index < -0.39 is 18.7 Å². The van der Waals surface area contributed by atoms with Crippen molar-refractivity contribution in [1.82, 2.24) is 34.7 Å². The number of nitrogens with one attached hydrogen (secondary N) is 3. The standard InChI is InChI=1S/C46H55N7O6/c1-7-8-9-11-27(4)42-47-24-35(49-42)28-14-16-37-30(18-28)21-39-34-15-13-29(22-40(34)59-45(53(37)39)31-19-32(54)23-33(20-31)57-5)36-25-48-43(50-36)38-12-10-17-52(38)44(55)41(26(2)3)51-46(56)58-6/h13-16,18-27,38,41,45-46,51,54,56H,7-12,17H2,1-6H3,(H,47,49)(H,48,50). The highest BCUT2D eigenvalue weighted by Crippen LogP contribution is 2.47. The van der Waals surface area contributed by atoms with Gasteiger partial charge in [-0.3, -0.25) is 10.1 Å². The van der Waals surface area contributed by atoms with Crippen LogP contribution in [0, 0.1) is 5.92 Å². The molecule has 2 aliphatic heterocycles. The molecule has 13 nitrogen and oxygen atoms in total. The van der Waals surface area contributed by atoms with Crippen LogP contribution >= 0.6 is 0 Å². The van der Waals surface area contributed by atoms with E-state index >= 15 is 0 Å². The molecular weight excluding hydrogens is 747 g/mol. The van der Waals surface area contributed by atoms with Gasteiger partial charge in [0.2, 0.25) is 18.5 Å². The second-order valence-corrected chi connectivity index (χ2v) is 16.2. The highest BCUT2D eigenvalue weighted by molar-refractivity contribution is 5.92. The van der Waals surface area contributed by atoms with Crippen molar-refractivity contribution in [3.63, 3.8) is 0 Å². The lowest BCUT2D eigenvalue weighted by Gasteiger charge is -2.31. The molecule has 0 radical (unpaired) electrons. The van der Waals surface area contributed by atoms with E-state index in [0.717, 1.165) is 75.3 Å². The summed E-state index contributed by atoms with van der Waals surface area (Å²) in [5.41, 5.74) is 7.33. The molecular formula is C46H55N7O6. The predicted octanol–water partition coefficient (Wildman–Crippen LogP) is 8.63. The molecule has 5 heterocycles. The number of imidazole rings is 2. The molecule has 0 aliphatic carbocycles. The molecule has 1 saturated heterocycles. The summed E-state index contributed by atoms with van der Waals surface area (Å²) in [5.74, 6) is 3.19. The van der Waals surface area contributed by atoms with E-state index in [1.165, 1.54) is 26.4 Å². The number of fused-ring (bicyclic) bond motifs is 5. The molecule has 8 rings (SSSR count). The Morgan fingerprint density at radius 3 is 2.54 bits per heavy atom. The first kappa shape index (κ1) is 40.2. The molecule has 6 aromatic rings. The Kier molecular flexibility index (Phi) is 11.5. The van der Waals surface area contributed by atoms with Gasteiger partial charge in [0.15, 0.2) is 0 Å². The summed E-state index contributed by atoms with van der Waals surface area (Å²) >= 11 is 0. The van der Waals surface area contributed by atoms with Crippen molar-refractivity contribution >= 4 is 16.8 Å². The molecule has 1 amide bonds. The number of phenols is 1. The number of aromatic nitrogens is 5. The fraction of sp³-hybridized carbons (Fsp3) is 0.413. The van der Waals surface area contributed by atoms with Gasteiger partial charge >= 0.3 is 0 Å². The van der Waals surface area contributed by atoms with Gasteiger partial charge in [0.25, 0.3) is 0 Å². The number of aliphatic hydroxyl groups excluding tert-OH is 1. The summed E-state index contributed by atoms with van der Waals surface area (Å²) < 4.78 is 19.6. The van der Waals surface area contributed by atoms with Gasteiger partial charge in [-0.05, 0) is 67.6 Å². The minimum Gasteiger partial charge on any atom is -0.508 e. The van der Waals surface area contributed by atoms with Crippen LogP contribution < -0.4 is 14.8 Å². The van der Waals surface area contributed by atoms with Gasteiger partial charge in [-0.2, -0.15) is 0 Å². The molecule has 0 spiro atoms. The minimum atomic E-state index is -1.24. The number of hydrogen-bond acceptors (Lipinski definition) is 9. The number of amides is 1. The predicted molar refractivity (Wildman–Crippen MR) is 227 cm³/mol. The number of aromatic hydroxyl groups is 1. The fourth-order valence-electron chi connectivity index (χ4n) is 8.61. The zero-order chi connectivity index (χ0) is 41.4. The number of rotatable bonds is 15. The zero-order valence-corrected chi connectivity index (χ0v) is 34.7. The molecule has 0 bridgehead atoms. The van der Waals surface area contributed by atoms with Gasteiger partial charge in [-0.1, -0.05) is 59.1 Å². The van der Waals surface area contributed by atoms with Gasteiger partial charge in [0.05, 0.1) is 54.2 Å². The number of H-pyrrole nitrogens is 2. The summed E-state index contributed by atoms with van der Waals surface area (Å²) in [6.07, 6.45) is 8.21. The number of hydrogen-bond donors (Lipinski definition) is 5. The van der Waals surface area contributed by atoms with E-state index in [2.05, 4.69) is 70.1 Å². The Bertz CT molecular complexity index is 2430. The maximum absolute atomic E-state index is 13.8. The first-order chi connectivity index (χ1) is 28.6. The van der Waals surface area contributed by atoms with Crippen molar-refractivity contribution in [2.75, 3.05) is 20.8 Å². The number of carbonyl (C=O) groups excluding carboxylic acids is 1. The SMILES string of the molecule is CCCCCC(C)c1ncc(-c2ccc3c(c2)cc2n3C(c3cc(O)cc(OC)c3)Oc3cc(-c4cnc(C5CCCN5C(=O)C(NC(O)OC)C(C)C)[nH]4)ccc3-2)[nH]1. The average molecular weight is 802 g/mol. The number of ether oxygens (including phenoxy) is 3. The van der Waals surface area contributed by atoms with Crippen molar-refractivity contribution in [3.8, 4) is 51.0 Å². The Hall–Kier alpha value is -5.63. The van der Waals surface area contributed by atoms with Crippen molar-refractivity contribution in [2.45, 2.75) is 96.9 Å². The summed E-state index contributed by atoms with van der Waals surface area (Å²) in [6, 6.07) is 19.1. The van der Waals surface area contributed by atoms with Crippen LogP contribution in [-0.2, 0) is 9.53 Å². The van der Waals surface area contributed by atoms with Gasteiger partial charge in [-0.25, -0.2) is 9.97 Å². The van der Waals surface area contributed by atoms with Crippen molar-refractivity contribution in [3.05, 3.63) is 90.3 Å². The Morgan fingerprint density at radius 2 is 1.76 bits per heavy atom. The molecule has 3 aromatic carbocycles. The smallest absolute Gasteiger partial charge is 0.240 e. The van der Waals surface area contributed by atoms with Crippen LogP contribution in [0.5, 0.6) is 17.2 Å². The molecule has 59 heavy (non-hydrogen) atoms. The topological polar surface area (TPSA) is 163 Å². The van der Waals surface area contributed by atoms with Crippen LogP contribution in [0.1, 0.15) is 102 Å². The van der Waals surface area contributed by atoms with E-state index in [4.69, 9.17) is 24.2 Å². The highest BCUT2D eigenvalue weighted by atomic mass is 16.6. The summed E-state index contributed by atoms with van der Waals surface area (Å²) in [6.45, 7) is 8.94. The number of phenolic OH excluding ortho intramolecular Hbond substituents is 1. The number of aliphatic hydroxyl groups is 1. The first-order valence-electron chi connectivity index (χ1n) is 20.8. The Balaban J connectivity index is 1.13. The van der Waals surface area contributed by atoms with E-state index in [-0.39, 0.29) is 23.6 Å². The molecule has 5 unspecified atom stereocenters. The van der Waals surface area contributed by atoms with Crippen LogP contribution in [0.4, 0.5) is 0 Å². The fourth-order valence-corrected chi connectivity index (χ4v) is 8.61. The maximum atomic E-state index is 13.8. The van der Waals surface area contributed by atoms with E-state index in [1.54, 1.807) is 25.4 Å². The molecule has 1 fully saturated rings. The number of unbranched alkanes of at least 4 members (excludes halogenated alkanes) is 2. The van der Waals surface area contributed by atoms with Gasteiger partial charge in [-0.15, -0.1) is 0 Å². The third kappa shape index (κ3) is 7.94. The van der Waals surface area contributed by atoms with Crippen molar-refractivity contribution in [1.29, 1.82) is 0 Å². The van der Waals surface area contributed by atoms with Crippen LogP contribution in [0.15, 0.2) is 73.1 Å². The molecule has 3 aromatic heterocycles. The lowest BCUT2D eigenvalue weighted by Crippen LogP contribution is -2.52. The molecule has 2 aliphatic rings. The summed E-state index contributed by atoms with van der Waals surface area (Å²) in [4.78, 5) is 32.3. The molecule has 5 atom stereocenters. The van der Waals surface area contributed by atoms with Gasteiger partial charge < -0.3 is 43.9 Å². The van der Waals surface area contributed by atoms with Crippen molar-refractivity contribution in [2.24, 2.45) is 5.92 Å². The molecule has 0 saturated carbocycles. The average Bonchev–Trinajstić information content (AvgIpc) is 4.07. The minimum absolute atomic E-state index is 0.0694. The van der Waals surface area contributed by atoms with Crippen LogP contribution in [0.2, 0.25) is 0 Å². The first-order valence-corrected chi connectivity index (χ1v) is 20.8. The van der Waals surface area contributed by atoms with Crippen LogP contribution in [0.3, 0.4) is 0 Å². The van der Waals surface area contributed by atoms with Crippen LogP contribution in [0.25, 0.3) is 44.7 Å². The quantitative estimate of drug-likeness (QED) is 0.0506. The van der Waals surface area contributed by atoms with E-state index in [0.29, 0.717) is 29.8 Å². The number of likely N-dealkylation sites (tertiary alicyclic amines) is 1. The third-order valence-corrected chi connectivity index (χ3v) is 11.9. The molecule has 310 valence electrons. The number of benzene rings is 3. The van der Waals surface area contributed by atoms with Crippen LogP contribution in [-0.4, -0.2) is 78.7 Å². The third-order valence-electron chi connectivity index (χ3n) is 11.9. The number of methoxy groups -OCH3 is 2. The number of carbonyl (C=O) groups is 1. The number of nitrogens with zero attached hydrogens (tertiary/aromatic N) is 4. The lowest BCUT2D eigenvalue weighted by molar-refractivity contribution is -0.145. The zero-order valence-electron chi connectivity index (χ0n) is 34.7. The van der Waals surface area contributed by atoms with Crippen molar-refractivity contribution < 1.29 is 29.2 Å². The summed E-state index contributed by atoms with van der Waals surface area (Å²) in [5, 5.41) is 24.8. The van der Waals surface area contributed by atoms with Gasteiger partial charge in [0.1, 0.15) is 28.9 Å². The molecule has 5 N–H and O–H groups in total.